The number of aryl methyl sites for hydroxylation is 1. The average molecular weight is 401 g/mol. The molecule has 1 aliphatic heterocycles. The predicted octanol–water partition coefficient (Wildman–Crippen LogP) is 2.20. The molecular formula is C20H23N3O4S. The van der Waals surface area contributed by atoms with Gasteiger partial charge in [-0.1, -0.05) is 24.3 Å². The maximum atomic E-state index is 12.8. The van der Waals surface area contributed by atoms with E-state index < -0.39 is 16.1 Å². The zero-order valence-corrected chi connectivity index (χ0v) is 16.7. The first kappa shape index (κ1) is 20.2. The second-order valence-electron chi connectivity index (χ2n) is 6.78. The van der Waals surface area contributed by atoms with Crippen LogP contribution in [-0.4, -0.2) is 48.4 Å². The Morgan fingerprint density at radius 2 is 1.64 bits per heavy atom. The summed E-state index contributed by atoms with van der Waals surface area (Å²) in [4.78, 5) is 23.6. The van der Waals surface area contributed by atoms with Crippen molar-refractivity contribution in [3.63, 3.8) is 0 Å². The quantitative estimate of drug-likeness (QED) is 0.752. The lowest BCUT2D eigenvalue weighted by Gasteiger charge is -2.19. The summed E-state index contributed by atoms with van der Waals surface area (Å²) in [5.41, 5.74) is 3.04. The van der Waals surface area contributed by atoms with E-state index in [0.29, 0.717) is 24.3 Å². The van der Waals surface area contributed by atoms with Gasteiger partial charge in [-0.3, -0.25) is 9.59 Å². The van der Waals surface area contributed by atoms with Crippen LogP contribution in [0.5, 0.6) is 0 Å². The first-order valence-electron chi connectivity index (χ1n) is 8.98. The first-order chi connectivity index (χ1) is 13.3. The van der Waals surface area contributed by atoms with E-state index >= 15 is 0 Å². The van der Waals surface area contributed by atoms with Crippen molar-refractivity contribution in [2.45, 2.75) is 20.4 Å². The number of carbonyl (C=O) groups is 2. The van der Waals surface area contributed by atoms with Gasteiger partial charge in [-0.05, 0) is 49.2 Å². The third kappa shape index (κ3) is 4.46. The van der Waals surface area contributed by atoms with Crippen LogP contribution in [0.25, 0.3) is 0 Å². The van der Waals surface area contributed by atoms with Crippen molar-refractivity contribution in [2.75, 3.05) is 25.0 Å². The molecule has 1 fully saturated rings. The zero-order chi connectivity index (χ0) is 20.3. The highest BCUT2D eigenvalue weighted by Crippen LogP contribution is 2.21. The molecule has 0 saturated carbocycles. The average Bonchev–Trinajstić information content (AvgIpc) is 2.91. The molecule has 0 radical (unpaired) electrons. The second-order valence-corrected chi connectivity index (χ2v) is 8.71. The van der Waals surface area contributed by atoms with E-state index in [4.69, 9.17) is 0 Å². The van der Waals surface area contributed by atoms with Gasteiger partial charge >= 0.3 is 0 Å². The van der Waals surface area contributed by atoms with Gasteiger partial charge in [0, 0.05) is 30.9 Å². The summed E-state index contributed by atoms with van der Waals surface area (Å²) in [6.45, 7) is 4.07. The molecule has 1 amide bonds. The van der Waals surface area contributed by atoms with E-state index in [0.717, 1.165) is 11.1 Å². The summed E-state index contributed by atoms with van der Waals surface area (Å²) < 4.78 is 28.1. The zero-order valence-electron chi connectivity index (χ0n) is 15.9. The third-order valence-electron chi connectivity index (χ3n) is 4.75. The molecule has 8 heteroatoms. The molecule has 1 heterocycles. The summed E-state index contributed by atoms with van der Waals surface area (Å²) in [6.07, 6.45) is 0. The predicted molar refractivity (Wildman–Crippen MR) is 107 cm³/mol. The van der Waals surface area contributed by atoms with Gasteiger partial charge in [0.2, 0.25) is 5.91 Å². The van der Waals surface area contributed by atoms with Crippen molar-refractivity contribution in [1.82, 2.24) is 8.61 Å². The molecule has 2 aromatic rings. The molecule has 7 nitrogen and oxygen atoms in total. The highest BCUT2D eigenvalue weighted by molar-refractivity contribution is 7.87. The number of hydrogen-bond donors (Lipinski definition) is 1. The normalized spacial score (nSPS) is 16.8. The van der Waals surface area contributed by atoms with Gasteiger partial charge < -0.3 is 5.32 Å². The Hall–Kier alpha value is -2.55. The molecule has 1 N–H and O–H groups in total. The van der Waals surface area contributed by atoms with Crippen LogP contribution in [0.2, 0.25) is 0 Å². The molecule has 28 heavy (non-hydrogen) atoms. The highest BCUT2D eigenvalue weighted by atomic mass is 32.2. The van der Waals surface area contributed by atoms with Crippen molar-refractivity contribution >= 4 is 27.6 Å². The fourth-order valence-electron chi connectivity index (χ4n) is 3.06. The van der Waals surface area contributed by atoms with Crippen LogP contribution in [0.3, 0.4) is 0 Å². The van der Waals surface area contributed by atoms with Gasteiger partial charge in [0.25, 0.3) is 10.2 Å². The van der Waals surface area contributed by atoms with E-state index in [2.05, 4.69) is 5.32 Å². The van der Waals surface area contributed by atoms with Gasteiger partial charge in [0.05, 0.1) is 6.54 Å². The van der Waals surface area contributed by atoms with Crippen LogP contribution in [0.1, 0.15) is 28.4 Å². The number of nitrogens with one attached hydrogen (secondary N) is 1. The summed E-state index contributed by atoms with van der Waals surface area (Å²) in [5, 5.41) is 2.67. The van der Waals surface area contributed by atoms with Crippen LogP contribution < -0.4 is 5.32 Å². The number of ketones is 1. The van der Waals surface area contributed by atoms with Crippen molar-refractivity contribution in [2.24, 2.45) is 0 Å². The molecule has 2 aromatic carbocycles. The van der Waals surface area contributed by atoms with E-state index in [-0.39, 0.29) is 18.9 Å². The van der Waals surface area contributed by atoms with Crippen molar-refractivity contribution in [3.8, 4) is 0 Å². The number of nitrogens with zero attached hydrogens (tertiary/aromatic N) is 2. The third-order valence-corrected chi connectivity index (χ3v) is 6.68. The number of hydrogen-bond acceptors (Lipinski definition) is 4. The van der Waals surface area contributed by atoms with Crippen LogP contribution >= 0.6 is 0 Å². The molecule has 0 aliphatic carbocycles. The Balaban J connectivity index is 1.62. The largest absolute Gasteiger partial charge is 0.325 e. The van der Waals surface area contributed by atoms with E-state index in [1.165, 1.54) is 15.5 Å². The lowest BCUT2D eigenvalue weighted by atomic mass is 10.1. The van der Waals surface area contributed by atoms with Crippen LogP contribution in [-0.2, 0) is 21.5 Å². The van der Waals surface area contributed by atoms with E-state index in [1.807, 2.05) is 31.2 Å². The van der Waals surface area contributed by atoms with Crippen LogP contribution in [0, 0.1) is 6.92 Å². The Morgan fingerprint density at radius 3 is 2.29 bits per heavy atom. The maximum Gasteiger partial charge on any atom is 0.282 e. The number of benzene rings is 2. The second kappa shape index (κ2) is 8.22. The minimum Gasteiger partial charge on any atom is -0.325 e. The number of anilines is 1. The molecule has 3 rings (SSSR count). The molecule has 0 unspecified atom stereocenters. The van der Waals surface area contributed by atoms with Crippen molar-refractivity contribution in [1.29, 1.82) is 0 Å². The standard InChI is InChI=1S/C20H23N3O4S/c1-15-5-3-4-6-18(15)13-22-11-12-23(28(22,26)27)14-20(25)21-19-9-7-17(8-10-19)16(2)24/h3-10H,11-14H2,1-2H3,(H,21,25). The van der Waals surface area contributed by atoms with Gasteiger partial charge in [-0.25, -0.2) is 0 Å². The van der Waals surface area contributed by atoms with Gasteiger partial charge in [0.1, 0.15) is 0 Å². The first-order valence-corrected chi connectivity index (χ1v) is 10.4. The Morgan fingerprint density at radius 1 is 1.00 bits per heavy atom. The Labute approximate surface area is 165 Å². The molecular weight excluding hydrogens is 378 g/mol. The summed E-state index contributed by atoms with van der Waals surface area (Å²) in [7, 11) is -3.69. The molecule has 0 aromatic heterocycles. The van der Waals surface area contributed by atoms with E-state index in [1.54, 1.807) is 24.3 Å². The Bertz CT molecular complexity index is 987. The number of Topliss-reactive ketones (excluding diaryl/α,β-unsaturated/α-hetero) is 1. The van der Waals surface area contributed by atoms with Crippen LogP contribution in [0.15, 0.2) is 48.5 Å². The summed E-state index contributed by atoms with van der Waals surface area (Å²) in [5.74, 6) is -0.480. The summed E-state index contributed by atoms with van der Waals surface area (Å²) >= 11 is 0. The topological polar surface area (TPSA) is 86.8 Å². The monoisotopic (exact) mass is 401 g/mol. The van der Waals surface area contributed by atoms with Gasteiger partial charge in [-0.2, -0.15) is 17.0 Å². The number of carbonyl (C=O) groups excluding carboxylic acids is 2. The fourth-order valence-corrected chi connectivity index (χ4v) is 4.60. The molecule has 0 atom stereocenters. The SMILES string of the molecule is CC(=O)c1ccc(NC(=O)CN2CCN(Cc3ccccc3C)S2(=O)=O)cc1. The Kier molecular flexibility index (Phi) is 5.93. The molecule has 0 spiro atoms. The van der Waals surface area contributed by atoms with Gasteiger partial charge in [-0.15, -0.1) is 0 Å². The minimum atomic E-state index is -3.69. The molecule has 0 bridgehead atoms. The summed E-state index contributed by atoms with van der Waals surface area (Å²) in [6, 6.07) is 14.1. The highest BCUT2D eigenvalue weighted by Gasteiger charge is 2.37. The molecule has 1 saturated heterocycles. The number of rotatable bonds is 6. The lowest BCUT2D eigenvalue weighted by molar-refractivity contribution is -0.116. The number of amides is 1. The van der Waals surface area contributed by atoms with Crippen LogP contribution in [0.4, 0.5) is 5.69 Å². The van der Waals surface area contributed by atoms with Crippen molar-refractivity contribution < 1.29 is 18.0 Å². The minimum absolute atomic E-state index is 0.0604. The molecule has 1 aliphatic rings. The van der Waals surface area contributed by atoms with Gasteiger partial charge in [0.15, 0.2) is 5.78 Å². The maximum absolute atomic E-state index is 12.8. The smallest absolute Gasteiger partial charge is 0.282 e. The van der Waals surface area contributed by atoms with E-state index in [9.17, 15) is 18.0 Å². The van der Waals surface area contributed by atoms with Crippen molar-refractivity contribution in [3.05, 3.63) is 65.2 Å². The fraction of sp³-hybridized carbons (Fsp3) is 0.300. The lowest BCUT2D eigenvalue weighted by Crippen LogP contribution is -2.37. The molecule has 148 valence electrons.